The quantitative estimate of drug-likeness (QED) is 0.168. The molecule has 0 saturated heterocycles. The molecular weight excluding hydrogens is 661 g/mol. The molecule has 0 spiro atoms. The van der Waals surface area contributed by atoms with E-state index in [0.29, 0.717) is 22.9 Å². The van der Waals surface area contributed by atoms with Gasteiger partial charge in [0.05, 0.1) is 5.52 Å². The molecule has 10 rings (SSSR count). The molecular formula is C49H34N4O. The number of fused-ring (bicyclic) bond motifs is 6. The van der Waals surface area contributed by atoms with Crippen molar-refractivity contribution < 1.29 is 0 Å². The lowest BCUT2D eigenvalue weighted by Crippen LogP contribution is -2.19. The number of hydrogen-bond acceptors (Lipinski definition) is 4. The van der Waals surface area contributed by atoms with Gasteiger partial charge in [-0.3, -0.25) is 9.36 Å². The average molecular weight is 695 g/mol. The van der Waals surface area contributed by atoms with Crippen molar-refractivity contribution in [2.45, 2.75) is 19.3 Å². The lowest BCUT2D eigenvalue weighted by Gasteiger charge is -2.21. The molecule has 256 valence electrons. The molecule has 0 saturated carbocycles. The monoisotopic (exact) mass is 694 g/mol. The van der Waals surface area contributed by atoms with Crippen molar-refractivity contribution in [3.8, 4) is 62.1 Å². The number of benzene rings is 7. The molecule has 5 heteroatoms. The summed E-state index contributed by atoms with van der Waals surface area (Å²) in [6.07, 6.45) is 0. The van der Waals surface area contributed by atoms with E-state index in [4.69, 9.17) is 15.0 Å². The Labute approximate surface area is 312 Å². The van der Waals surface area contributed by atoms with E-state index in [1.165, 1.54) is 16.7 Å². The predicted octanol–water partition coefficient (Wildman–Crippen LogP) is 11.3. The van der Waals surface area contributed by atoms with Gasteiger partial charge in [-0.05, 0) is 81.2 Å². The minimum absolute atomic E-state index is 0.0544. The normalized spacial score (nSPS) is 12.9. The molecule has 9 aromatic rings. The Bertz CT molecular complexity index is 2980. The van der Waals surface area contributed by atoms with E-state index in [9.17, 15) is 4.79 Å². The van der Waals surface area contributed by atoms with Gasteiger partial charge < -0.3 is 0 Å². The van der Waals surface area contributed by atoms with Gasteiger partial charge in [-0.25, -0.2) is 15.0 Å². The van der Waals surface area contributed by atoms with Crippen LogP contribution in [0.25, 0.3) is 83.8 Å². The second-order valence-corrected chi connectivity index (χ2v) is 14.4. The van der Waals surface area contributed by atoms with Gasteiger partial charge in [0.25, 0.3) is 5.56 Å². The van der Waals surface area contributed by atoms with Crippen LogP contribution in [0.1, 0.15) is 25.0 Å². The first-order valence-corrected chi connectivity index (χ1v) is 18.2. The van der Waals surface area contributed by atoms with E-state index < -0.39 is 0 Å². The zero-order valence-corrected chi connectivity index (χ0v) is 29.9. The largest absolute Gasteiger partial charge is 0.276 e. The molecule has 1 aliphatic rings. The molecule has 54 heavy (non-hydrogen) atoms. The molecule has 2 aromatic heterocycles. The number of para-hydroxylation sites is 1. The molecule has 0 bridgehead atoms. The van der Waals surface area contributed by atoms with Gasteiger partial charge >= 0.3 is 0 Å². The van der Waals surface area contributed by atoms with Crippen LogP contribution in [0.2, 0.25) is 0 Å². The number of rotatable bonds is 5. The summed E-state index contributed by atoms with van der Waals surface area (Å²) in [7, 11) is 0. The van der Waals surface area contributed by atoms with E-state index in [-0.39, 0.29) is 11.0 Å². The van der Waals surface area contributed by atoms with Gasteiger partial charge in [-0.2, -0.15) is 0 Å². The highest BCUT2D eigenvalue weighted by Crippen LogP contribution is 2.51. The fourth-order valence-corrected chi connectivity index (χ4v) is 8.22. The van der Waals surface area contributed by atoms with Crippen LogP contribution in [0.5, 0.6) is 0 Å². The minimum Gasteiger partial charge on any atom is -0.276 e. The smallest absolute Gasteiger partial charge is 0.263 e. The van der Waals surface area contributed by atoms with Crippen molar-refractivity contribution in [3.05, 3.63) is 191 Å². The highest BCUT2D eigenvalue weighted by atomic mass is 16.1. The zero-order valence-electron chi connectivity index (χ0n) is 29.9. The third kappa shape index (κ3) is 5.01. The summed E-state index contributed by atoms with van der Waals surface area (Å²) in [4.78, 5) is 29.7. The van der Waals surface area contributed by atoms with Crippen LogP contribution in [-0.2, 0) is 5.41 Å². The van der Waals surface area contributed by atoms with Crippen LogP contribution in [-0.4, -0.2) is 19.5 Å². The fraction of sp³-hybridized carbons (Fsp3) is 0.0612. The van der Waals surface area contributed by atoms with Crippen molar-refractivity contribution in [2.75, 3.05) is 0 Å². The Morgan fingerprint density at radius 1 is 0.444 bits per heavy atom. The molecule has 0 N–H and O–H groups in total. The van der Waals surface area contributed by atoms with E-state index in [1.54, 1.807) is 4.57 Å². The number of pyridine rings is 1. The second-order valence-electron chi connectivity index (χ2n) is 14.4. The summed E-state index contributed by atoms with van der Waals surface area (Å²) in [5.74, 6) is 1.77. The molecule has 2 heterocycles. The maximum absolute atomic E-state index is 14.0. The van der Waals surface area contributed by atoms with Crippen molar-refractivity contribution in [2.24, 2.45) is 0 Å². The average Bonchev–Trinajstić information content (AvgIpc) is 3.47. The van der Waals surface area contributed by atoms with Gasteiger partial charge in [0.1, 0.15) is 0 Å². The topological polar surface area (TPSA) is 60.7 Å². The molecule has 0 fully saturated rings. The zero-order chi connectivity index (χ0) is 36.4. The summed E-state index contributed by atoms with van der Waals surface area (Å²) >= 11 is 0. The Hall–Kier alpha value is -6.98. The SMILES string of the molecule is CC1(C)c2ccccc2-c2c(-c3nc(-c4cccc(-c5ccccc5)c4)nc(-c4ccc5c(c4)c4ccccc4c(=O)n5-c4ccccc4)n3)cccc21. The van der Waals surface area contributed by atoms with Crippen LogP contribution >= 0.6 is 0 Å². The van der Waals surface area contributed by atoms with Crippen molar-refractivity contribution >= 4 is 21.7 Å². The number of hydrogen-bond donors (Lipinski definition) is 0. The van der Waals surface area contributed by atoms with Crippen molar-refractivity contribution in [3.63, 3.8) is 0 Å². The summed E-state index contributed by atoms with van der Waals surface area (Å²) in [6, 6.07) is 57.7. The Morgan fingerprint density at radius 2 is 1.02 bits per heavy atom. The lowest BCUT2D eigenvalue weighted by atomic mass is 9.82. The van der Waals surface area contributed by atoms with Crippen LogP contribution in [0, 0.1) is 0 Å². The summed E-state index contributed by atoms with van der Waals surface area (Å²) in [6.45, 7) is 4.57. The summed E-state index contributed by atoms with van der Waals surface area (Å²) in [5, 5.41) is 2.48. The van der Waals surface area contributed by atoms with Gasteiger partial charge in [0, 0.05) is 38.6 Å². The van der Waals surface area contributed by atoms with Crippen LogP contribution in [0.15, 0.2) is 175 Å². The van der Waals surface area contributed by atoms with Crippen molar-refractivity contribution in [1.82, 2.24) is 19.5 Å². The van der Waals surface area contributed by atoms with E-state index >= 15 is 0 Å². The van der Waals surface area contributed by atoms with Gasteiger partial charge in [-0.1, -0.05) is 141 Å². The molecule has 0 atom stereocenters. The number of nitrogens with zero attached hydrogens (tertiary/aromatic N) is 4. The van der Waals surface area contributed by atoms with Gasteiger partial charge in [0.2, 0.25) is 0 Å². The standard InChI is InChI=1S/C49H34N4O/c1-49(2)41-25-12-11-23-38(41)44-39(24-14-26-42(44)49)47-51-45(33-18-13-17-32(29-33)31-15-5-3-6-16-31)50-46(52-47)34-27-28-43-40(30-34)36-21-9-10-22-37(36)48(54)53(43)35-19-7-4-8-20-35/h3-30H,1-2H3. The predicted molar refractivity (Wildman–Crippen MR) is 220 cm³/mol. The molecule has 0 amide bonds. The molecule has 0 unspecified atom stereocenters. The fourth-order valence-electron chi connectivity index (χ4n) is 8.22. The summed E-state index contributed by atoms with van der Waals surface area (Å²) < 4.78 is 1.80. The van der Waals surface area contributed by atoms with E-state index in [1.807, 2.05) is 72.8 Å². The Morgan fingerprint density at radius 3 is 1.81 bits per heavy atom. The van der Waals surface area contributed by atoms with Crippen LogP contribution in [0.3, 0.4) is 0 Å². The molecule has 5 nitrogen and oxygen atoms in total. The van der Waals surface area contributed by atoms with E-state index in [0.717, 1.165) is 55.4 Å². The Kier molecular flexibility index (Phi) is 7.24. The molecule has 7 aromatic carbocycles. The third-order valence-electron chi connectivity index (χ3n) is 10.9. The van der Waals surface area contributed by atoms with Crippen LogP contribution in [0.4, 0.5) is 0 Å². The van der Waals surface area contributed by atoms with Gasteiger partial charge in [0.15, 0.2) is 17.5 Å². The minimum atomic E-state index is -0.168. The third-order valence-corrected chi connectivity index (χ3v) is 10.9. The van der Waals surface area contributed by atoms with Crippen molar-refractivity contribution in [1.29, 1.82) is 0 Å². The maximum atomic E-state index is 14.0. The van der Waals surface area contributed by atoms with Crippen LogP contribution < -0.4 is 5.56 Å². The number of aromatic nitrogens is 4. The Balaban J connectivity index is 1.23. The highest BCUT2D eigenvalue weighted by Gasteiger charge is 2.37. The molecule has 0 aliphatic heterocycles. The maximum Gasteiger partial charge on any atom is 0.263 e. The highest BCUT2D eigenvalue weighted by molar-refractivity contribution is 6.07. The first-order chi connectivity index (χ1) is 26.5. The molecule has 0 radical (unpaired) electrons. The molecule has 1 aliphatic carbocycles. The van der Waals surface area contributed by atoms with E-state index in [2.05, 4.69) is 111 Å². The van der Waals surface area contributed by atoms with Gasteiger partial charge in [-0.15, -0.1) is 0 Å². The summed E-state index contributed by atoms with van der Waals surface area (Å²) in [5.41, 5.74) is 11.3. The lowest BCUT2D eigenvalue weighted by molar-refractivity contribution is 0.660. The second kappa shape index (κ2) is 12.3. The first kappa shape index (κ1) is 31.7. The first-order valence-electron chi connectivity index (χ1n) is 18.2.